The number of carbonyl (C=O) groups excluding carboxylic acids is 2. The summed E-state index contributed by atoms with van der Waals surface area (Å²) in [5, 5.41) is 2.99. The molecule has 0 aliphatic rings. The molecule has 0 aromatic heterocycles. The maximum absolute atomic E-state index is 14.2. The van der Waals surface area contributed by atoms with E-state index < -0.39 is 28.5 Å². The number of benzene rings is 4. The summed E-state index contributed by atoms with van der Waals surface area (Å²) in [6, 6.07) is 34.3. The standard InChI is InChI=1S/C36H41N3O5S/c1-28(2)24-37-36(41)34(23-29-13-7-4-8-14-29)38(25-30-15-9-5-10-16-30)35(40)26-39(45(3,42)43)32-19-21-33(22-20-32)44-27-31-17-11-6-12-18-31/h4-22,28,34H,23-27H2,1-3H3,(H,37,41)/t34-/m0/s1. The molecular weight excluding hydrogens is 586 g/mol. The molecular formula is C36H41N3O5S. The van der Waals surface area contributed by atoms with E-state index in [0.717, 1.165) is 27.3 Å². The number of rotatable bonds is 15. The van der Waals surface area contributed by atoms with Crippen molar-refractivity contribution in [3.8, 4) is 5.75 Å². The molecule has 4 aromatic carbocycles. The molecule has 0 unspecified atom stereocenters. The topological polar surface area (TPSA) is 96.0 Å². The lowest BCUT2D eigenvalue weighted by atomic mass is 10.0. The normalized spacial score (nSPS) is 11.9. The molecule has 0 aliphatic carbocycles. The molecule has 4 rings (SSSR count). The predicted molar refractivity (Wildman–Crippen MR) is 178 cm³/mol. The Hall–Kier alpha value is -4.63. The molecule has 1 atom stereocenters. The second kappa shape index (κ2) is 15.9. The van der Waals surface area contributed by atoms with Gasteiger partial charge < -0.3 is 15.0 Å². The van der Waals surface area contributed by atoms with Gasteiger partial charge in [-0.3, -0.25) is 13.9 Å². The highest BCUT2D eigenvalue weighted by Crippen LogP contribution is 2.24. The third-order valence-electron chi connectivity index (χ3n) is 7.20. The van der Waals surface area contributed by atoms with Crippen LogP contribution in [-0.2, 0) is 39.2 Å². The van der Waals surface area contributed by atoms with Gasteiger partial charge in [-0.2, -0.15) is 0 Å². The molecule has 0 radical (unpaired) electrons. The second-order valence-corrected chi connectivity index (χ2v) is 13.3. The Morgan fingerprint density at radius 1 is 0.756 bits per heavy atom. The van der Waals surface area contributed by atoms with Gasteiger partial charge in [0, 0.05) is 19.5 Å². The molecule has 8 nitrogen and oxygen atoms in total. The van der Waals surface area contributed by atoms with Crippen LogP contribution in [0.15, 0.2) is 115 Å². The number of nitrogens with one attached hydrogen (secondary N) is 1. The fourth-order valence-electron chi connectivity index (χ4n) is 4.82. The molecule has 0 saturated carbocycles. The summed E-state index contributed by atoms with van der Waals surface area (Å²) in [5.74, 6) is -0.000212. The lowest BCUT2D eigenvalue weighted by Crippen LogP contribution is -2.53. The summed E-state index contributed by atoms with van der Waals surface area (Å²) in [6.07, 6.45) is 1.34. The molecule has 0 saturated heterocycles. The monoisotopic (exact) mass is 627 g/mol. The Morgan fingerprint density at radius 3 is 1.82 bits per heavy atom. The molecule has 2 amide bonds. The van der Waals surface area contributed by atoms with Gasteiger partial charge in [0.25, 0.3) is 0 Å². The number of anilines is 1. The highest BCUT2D eigenvalue weighted by atomic mass is 32.2. The van der Waals surface area contributed by atoms with Crippen molar-refractivity contribution >= 4 is 27.5 Å². The van der Waals surface area contributed by atoms with E-state index in [0.29, 0.717) is 24.6 Å². The molecule has 4 aromatic rings. The number of ether oxygens (including phenoxy) is 1. The zero-order chi connectivity index (χ0) is 32.2. The summed E-state index contributed by atoms with van der Waals surface area (Å²) >= 11 is 0. The van der Waals surface area contributed by atoms with E-state index >= 15 is 0 Å². The minimum atomic E-state index is -3.87. The first-order valence-electron chi connectivity index (χ1n) is 15.0. The quantitative estimate of drug-likeness (QED) is 0.189. The minimum absolute atomic E-state index is 0.135. The van der Waals surface area contributed by atoms with Gasteiger partial charge in [-0.25, -0.2) is 8.42 Å². The molecule has 0 fully saturated rings. The number of sulfonamides is 1. The lowest BCUT2D eigenvalue weighted by Gasteiger charge is -2.33. The van der Waals surface area contributed by atoms with Crippen LogP contribution in [0.25, 0.3) is 0 Å². The van der Waals surface area contributed by atoms with Crippen LogP contribution in [0, 0.1) is 5.92 Å². The number of hydrogen-bond acceptors (Lipinski definition) is 5. The number of amides is 2. The van der Waals surface area contributed by atoms with Crippen molar-refractivity contribution in [1.29, 1.82) is 0 Å². The average Bonchev–Trinajstić information content (AvgIpc) is 3.04. The summed E-state index contributed by atoms with van der Waals surface area (Å²) in [7, 11) is -3.87. The first kappa shape index (κ1) is 33.3. The van der Waals surface area contributed by atoms with Crippen LogP contribution in [0.3, 0.4) is 0 Å². The van der Waals surface area contributed by atoms with Gasteiger partial charge in [0.1, 0.15) is 24.9 Å². The fraction of sp³-hybridized carbons (Fsp3) is 0.278. The van der Waals surface area contributed by atoms with Crippen LogP contribution in [0.4, 0.5) is 5.69 Å². The Labute approximate surface area is 266 Å². The first-order valence-corrected chi connectivity index (χ1v) is 16.8. The van der Waals surface area contributed by atoms with Crippen molar-refractivity contribution < 1.29 is 22.7 Å². The van der Waals surface area contributed by atoms with Crippen molar-refractivity contribution in [3.05, 3.63) is 132 Å². The van der Waals surface area contributed by atoms with E-state index in [1.807, 2.05) is 105 Å². The predicted octanol–water partition coefficient (Wildman–Crippen LogP) is 5.44. The van der Waals surface area contributed by atoms with E-state index in [1.54, 1.807) is 24.3 Å². The molecule has 45 heavy (non-hydrogen) atoms. The fourth-order valence-corrected chi connectivity index (χ4v) is 5.67. The van der Waals surface area contributed by atoms with Crippen LogP contribution in [0.1, 0.15) is 30.5 Å². The zero-order valence-corrected chi connectivity index (χ0v) is 26.8. The second-order valence-electron chi connectivity index (χ2n) is 11.4. The van der Waals surface area contributed by atoms with Crippen LogP contribution >= 0.6 is 0 Å². The summed E-state index contributed by atoms with van der Waals surface area (Å²) < 4.78 is 33.1. The van der Waals surface area contributed by atoms with Crippen molar-refractivity contribution in [2.24, 2.45) is 5.92 Å². The molecule has 0 aliphatic heterocycles. The molecule has 0 heterocycles. The van der Waals surface area contributed by atoms with E-state index in [-0.39, 0.29) is 24.8 Å². The SMILES string of the molecule is CC(C)CNC(=O)[C@H](Cc1ccccc1)N(Cc1ccccc1)C(=O)CN(c1ccc(OCc2ccccc2)cc1)S(C)(=O)=O. The Kier molecular flexibility index (Phi) is 11.8. The van der Waals surface area contributed by atoms with Gasteiger partial charge in [0.15, 0.2) is 0 Å². The van der Waals surface area contributed by atoms with Crippen LogP contribution in [0.5, 0.6) is 5.75 Å². The van der Waals surface area contributed by atoms with Gasteiger partial charge in [-0.1, -0.05) is 105 Å². The van der Waals surface area contributed by atoms with Crippen molar-refractivity contribution in [2.75, 3.05) is 23.7 Å². The first-order chi connectivity index (χ1) is 21.6. The van der Waals surface area contributed by atoms with E-state index in [9.17, 15) is 18.0 Å². The van der Waals surface area contributed by atoms with Crippen LogP contribution < -0.4 is 14.4 Å². The Morgan fingerprint density at radius 2 is 1.29 bits per heavy atom. The van der Waals surface area contributed by atoms with Gasteiger partial charge >= 0.3 is 0 Å². The summed E-state index contributed by atoms with van der Waals surface area (Å²) in [5.41, 5.74) is 3.04. The molecule has 236 valence electrons. The highest BCUT2D eigenvalue weighted by molar-refractivity contribution is 7.92. The lowest BCUT2D eigenvalue weighted by molar-refractivity contribution is -0.140. The molecule has 0 bridgehead atoms. The van der Waals surface area contributed by atoms with E-state index in [1.165, 1.54) is 4.90 Å². The van der Waals surface area contributed by atoms with Crippen LogP contribution in [-0.4, -0.2) is 50.5 Å². The Balaban J connectivity index is 1.62. The van der Waals surface area contributed by atoms with Crippen molar-refractivity contribution in [2.45, 2.75) is 39.5 Å². The summed E-state index contributed by atoms with van der Waals surface area (Å²) in [6.45, 7) is 4.48. The minimum Gasteiger partial charge on any atom is -0.489 e. The number of hydrogen-bond donors (Lipinski definition) is 1. The smallest absolute Gasteiger partial charge is 0.244 e. The number of nitrogens with zero attached hydrogens (tertiary/aromatic N) is 2. The molecule has 1 N–H and O–H groups in total. The molecule has 9 heteroatoms. The third-order valence-corrected chi connectivity index (χ3v) is 8.34. The van der Waals surface area contributed by atoms with Gasteiger partial charge in [0.05, 0.1) is 11.9 Å². The molecule has 0 spiro atoms. The van der Waals surface area contributed by atoms with Gasteiger partial charge in [0.2, 0.25) is 21.8 Å². The van der Waals surface area contributed by atoms with Crippen molar-refractivity contribution in [3.63, 3.8) is 0 Å². The largest absolute Gasteiger partial charge is 0.489 e. The average molecular weight is 628 g/mol. The van der Waals surface area contributed by atoms with E-state index in [2.05, 4.69) is 5.32 Å². The van der Waals surface area contributed by atoms with Gasteiger partial charge in [-0.15, -0.1) is 0 Å². The van der Waals surface area contributed by atoms with Crippen LogP contribution in [0.2, 0.25) is 0 Å². The maximum atomic E-state index is 14.2. The number of carbonyl (C=O) groups is 2. The maximum Gasteiger partial charge on any atom is 0.244 e. The van der Waals surface area contributed by atoms with E-state index in [4.69, 9.17) is 4.74 Å². The third kappa shape index (κ3) is 10.2. The highest BCUT2D eigenvalue weighted by Gasteiger charge is 2.33. The Bertz CT molecular complexity index is 1610. The summed E-state index contributed by atoms with van der Waals surface area (Å²) in [4.78, 5) is 29.4. The van der Waals surface area contributed by atoms with Gasteiger partial charge in [-0.05, 0) is 46.9 Å². The zero-order valence-electron chi connectivity index (χ0n) is 26.0. The van der Waals surface area contributed by atoms with Crippen molar-refractivity contribution in [1.82, 2.24) is 10.2 Å².